The molecule has 4 rings (SSSR count). The Bertz CT molecular complexity index is 729. The number of benzene rings is 1. The summed E-state index contributed by atoms with van der Waals surface area (Å²) < 4.78 is 13.4. The molecule has 2 aliphatic rings. The molecule has 6 heteroatoms. The van der Waals surface area contributed by atoms with Crippen molar-refractivity contribution >= 4 is 16.8 Å². The Balaban J connectivity index is 1.52. The molecule has 122 valence electrons. The number of nitrogens with one attached hydrogen (secondary N) is 2. The Labute approximate surface area is 134 Å². The molecule has 1 unspecified atom stereocenters. The van der Waals surface area contributed by atoms with E-state index >= 15 is 0 Å². The van der Waals surface area contributed by atoms with Crippen LogP contribution < -0.4 is 5.32 Å². The van der Waals surface area contributed by atoms with Crippen molar-refractivity contribution in [2.24, 2.45) is 0 Å². The van der Waals surface area contributed by atoms with Gasteiger partial charge in [-0.2, -0.15) is 5.10 Å². The predicted molar refractivity (Wildman–Crippen MR) is 85.7 cm³/mol. The smallest absolute Gasteiger partial charge is 0.272 e. The van der Waals surface area contributed by atoms with Gasteiger partial charge in [-0.25, -0.2) is 4.39 Å². The fourth-order valence-electron chi connectivity index (χ4n) is 4.15. The first-order chi connectivity index (χ1) is 11.1. The average molecular weight is 316 g/mol. The van der Waals surface area contributed by atoms with E-state index in [0.29, 0.717) is 23.0 Å². The summed E-state index contributed by atoms with van der Waals surface area (Å²) in [7, 11) is 2.19. The molecule has 2 bridgehead atoms. The van der Waals surface area contributed by atoms with Crippen LogP contribution in [0, 0.1) is 5.82 Å². The number of H-pyrrole nitrogens is 1. The van der Waals surface area contributed by atoms with E-state index < -0.39 is 0 Å². The van der Waals surface area contributed by atoms with Gasteiger partial charge < -0.3 is 10.2 Å². The maximum atomic E-state index is 13.4. The Morgan fingerprint density at radius 3 is 2.83 bits per heavy atom. The van der Waals surface area contributed by atoms with Crippen molar-refractivity contribution in [3.63, 3.8) is 0 Å². The molecule has 0 radical (unpaired) electrons. The van der Waals surface area contributed by atoms with Crippen LogP contribution in [0.4, 0.5) is 4.39 Å². The number of rotatable bonds is 2. The second kappa shape index (κ2) is 5.60. The third-order valence-electron chi connectivity index (χ3n) is 5.42. The number of nitrogens with zero attached hydrogens (tertiary/aromatic N) is 2. The highest BCUT2D eigenvalue weighted by atomic mass is 19.1. The molecule has 1 aromatic heterocycles. The maximum Gasteiger partial charge on any atom is 0.272 e. The van der Waals surface area contributed by atoms with Crippen molar-refractivity contribution < 1.29 is 9.18 Å². The molecule has 3 atom stereocenters. The SMILES string of the molecule is CN1[C@@H]2CCC[C@H]1CC(NC(=O)c1n[nH]c3ccc(F)cc13)C2. The number of hydrogen-bond acceptors (Lipinski definition) is 3. The Morgan fingerprint density at radius 1 is 1.35 bits per heavy atom. The zero-order chi connectivity index (χ0) is 16.0. The molecular formula is C17H21FN4O. The summed E-state index contributed by atoms with van der Waals surface area (Å²) in [4.78, 5) is 15.0. The Kier molecular flexibility index (Phi) is 3.56. The average Bonchev–Trinajstić information content (AvgIpc) is 2.91. The molecule has 0 spiro atoms. The summed E-state index contributed by atoms with van der Waals surface area (Å²) in [5.41, 5.74) is 0.959. The highest BCUT2D eigenvalue weighted by Gasteiger charge is 2.36. The topological polar surface area (TPSA) is 61.0 Å². The molecule has 23 heavy (non-hydrogen) atoms. The van der Waals surface area contributed by atoms with E-state index in [-0.39, 0.29) is 23.5 Å². The zero-order valence-electron chi connectivity index (χ0n) is 13.2. The van der Waals surface area contributed by atoms with Crippen LogP contribution in [0.3, 0.4) is 0 Å². The third-order valence-corrected chi connectivity index (χ3v) is 5.42. The largest absolute Gasteiger partial charge is 0.348 e. The Hall–Kier alpha value is -1.95. The van der Waals surface area contributed by atoms with Gasteiger partial charge in [-0.1, -0.05) is 6.42 Å². The van der Waals surface area contributed by atoms with Gasteiger partial charge >= 0.3 is 0 Å². The van der Waals surface area contributed by atoms with Crippen LogP contribution in [0.25, 0.3) is 10.9 Å². The van der Waals surface area contributed by atoms with Gasteiger partial charge in [0.05, 0.1) is 5.52 Å². The zero-order valence-corrected chi connectivity index (χ0v) is 13.2. The quantitative estimate of drug-likeness (QED) is 0.894. The predicted octanol–water partition coefficient (Wildman–Crippen LogP) is 2.45. The lowest BCUT2D eigenvalue weighted by molar-refractivity contribution is 0.0462. The fraction of sp³-hybridized carbons (Fsp3) is 0.529. The van der Waals surface area contributed by atoms with Crippen LogP contribution in [0.15, 0.2) is 18.2 Å². The van der Waals surface area contributed by atoms with Gasteiger partial charge in [0.2, 0.25) is 0 Å². The van der Waals surface area contributed by atoms with Crippen LogP contribution in [0.1, 0.15) is 42.6 Å². The second-order valence-electron chi connectivity index (χ2n) is 6.81. The lowest BCUT2D eigenvalue weighted by Crippen LogP contribution is -2.55. The van der Waals surface area contributed by atoms with Crippen molar-refractivity contribution in [2.45, 2.75) is 50.2 Å². The summed E-state index contributed by atoms with van der Waals surface area (Å²) >= 11 is 0. The number of fused-ring (bicyclic) bond motifs is 3. The van der Waals surface area contributed by atoms with Crippen LogP contribution in [0.5, 0.6) is 0 Å². The van der Waals surface area contributed by atoms with E-state index in [0.717, 1.165) is 12.8 Å². The number of piperidine rings is 2. The minimum absolute atomic E-state index is 0.175. The van der Waals surface area contributed by atoms with E-state index in [1.54, 1.807) is 6.07 Å². The molecule has 2 fully saturated rings. The third kappa shape index (κ3) is 2.61. The van der Waals surface area contributed by atoms with E-state index in [1.807, 2.05) is 0 Å². The van der Waals surface area contributed by atoms with Gasteiger partial charge in [-0.15, -0.1) is 0 Å². The van der Waals surface area contributed by atoms with Crippen molar-refractivity contribution in [1.82, 2.24) is 20.4 Å². The molecule has 3 heterocycles. The number of carbonyl (C=O) groups excluding carboxylic acids is 1. The first-order valence-corrected chi connectivity index (χ1v) is 8.28. The van der Waals surface area contributed by atoms with E-state index in [1.165, 1.54) is 31.4 Å². The summed E-state index contributed by atoms with van der Waals surface area (Å²) in [6, 6.07) is 5.61. The lowest BCUT2D eigenvalue weighted by atomic mass is 9.82. The normalized spacial score (nSPS) is 28.0. The number of amides is 1. The summed E-state index contributed by atoms with van der Waals surface area (Å²) in [5, 5.41) is 10.5. The van der Waals surface area contributed by atoms with Gasteiger partial charge in [0.15, 0.2) is 5.69 Å². The van der Waals surface area contributed by atoms with Crippen LogP contribution >= 0.6 is 0 Å². The fourth-order valence-corrected chi connectivity index (χ4v) is 4.15. The van der Waals surface area contributed by atoms with Gasteiger partial charge in [-0.05, 0) is 50.9 Å². The molecule has 2 aromatic rings. The van der Waals surface area contributed by atoms with Crippen LogP contribution in [-0.4, -0.2) is 46.2 Å². The first-order valence-electron chi connectivity index (χ1n) is 8.28. The molecule has 2 saturated heterocycles. The molecular weight excluding hydrogens is 295 g/mol. The van der Waals surface area contributed by atoms with Crippen LogP contribution in [0.2, 0.25) is 0 Å². The standard InChI is InChI=1S/C17H21FN4O/c1-22-12-3-2-4-13(22)9-11(8-12)19-17(23)16-14-7-10(18)5-6-15(14)20-21-16/h5-7,11-13H,2-4,8-9H2,1H3,(H,19,23)(H,20,21)/t11?,12-,13+. The maximum absolute atomic E-state index is 13.4. The van der Waals surface area contributed by atoms with Gasteiger partial charge in [0.1, 0.15) is 5.82 Å². The van der Waals surface area contributed by atoms with Crippen molar-refractivity contribution in [1.29, 1.82) is 0 Å². The van der Waals surface area contributed by atoms with E-state index in [2.05, 4.69) is 27.5 Å². The first kappa shape index (κ1) is 14.6. The lowest BCUT2D eigenvalue weighted by Gasteiger charge is -2.47. The number of aromatic amines is 1. The highest BCUT2D eigenvalue weighted by molar-refractivity contribution is 6.04. The summed E-state index contributed by atoms with van der Waals surface area (Å²) in [5.74, 6) is -0.573. The minimum atomic E-state index is -0.359. The molecule has 1 amide bonds. The monoisotopic (exact) mass is 316 g/mol. The highest BCUT2D eigenvalue weighted by Crippen LogP contribution is 2.32. The summed E-state index contributed by atoms with van der Waals surface area (Å²) in [6.45, 7) is 0. The number of carbonyl (C=O) groups is 1. The molecule has 0 aliphatic carbocycles. The van der Waals surface area contributed by atoms with Gasteiger partial charge in [0.25, 0.3) is 5.91 Å². The van der Waals surface area contributed by atoms with E-state index in [4.69, 9.17) is 0 Å². The van der Waals surface area contributed by atoms with Gasteiger partial charge in [0, 0.05) is 23.5 Å². The van der Waals surface area contributed by atoms with Crippen molar-refractivity contribution in [2.75, 3.05) is 7.05 Å². The molecule has 5 nitrogen and oxygen atoms in total. The molecule has 2 N–H and O–H groups in total. The Morgan fingerprint density at radius 2 is 2.09 bits per heavy atom. The molecule has 2 aliphatic heterocycles. The van der Waals surface area contributed by atoms with Crippen LogP contribution in [-0.2, 0) is 0 Å². The van der Waals surface area contributed by atoms with Crippen molar-refractivity contribution in [3.05, 3.63) is 29.7 Å². The second-order valence-corrected chi connectivity index (χ2v) is 6.81. The minimum Gasteiger partial charge on any atom is -0.348 e. The molecule has 0 saturated carbocycles. The summed E-state index contributed by atoms with van der Waals surface area (Å²) in [6.07, 6.45) is 5.65. The number of aromatic nitrogens is 2. The van der Waals surface area contributed by atoms with Crippen molar-refractivity contribution in [3.8, 4) is 0 Å². The number of hydrogen-bond donors (Lipinski definition) is 2. The molecule has 1 aromatic carbocycles. The number of halogens is 1. The van der Waals surface area contributed by atoms with E-state index in [9.17, 15) is 9.18 Å². The van der Waals surface area contributed by atoms with Gasteiger partial charge in [-0.3, -0.25) is 9.89 Å².